The second-order valence-electron chi connectivity index (χ2n) is 5.33. The summed E-state index contributed by atoms with van der Waals surface area (Å²) in [5.74, 6) is 1.34. The van der Waals surface area contributed by atoms with Gasteiger partial charge in [-0.3, -0.25) is 4.79 Å². The highest BCUT2D eigenvalue weighted by molar-refractivity contribution is 6.17. The second kappa shape index (κ2) is 7.22. The molecule has 0 spiro atoms. The quantitative estimate of drug-likeness (QED) is 0.570. The molecule has 0 heterocycles. The van der Waals surface area contributed by atoms with Gasteiger partial charge in [-0.05, 0) is 44.4 Å². The van der Waals surface area contributed by atoms with Crippen molar-refractivity contribution >= 4 is 17.5 Å². The van der Waals surface area contributed by atoms with Crippen molar-refractivity contribution in [3.8, 4) is 0 Å². The molecule has 1 saturated carbocycles. The first-order chi connectivity index (χ1) is 8.06. The topological polar surface area (TPSA) is 49.3 Å². The van der Waals surface area contributed by atoms with Gasteiger partial charge in [-0.15, -0.1) is 11.6 Å². The number of rotatable bonds is 6. The number of amides is 1. The van der Waals surface area contributed by atoms with Crippen LogP contribution in [0.5, 0.6) is 0 Å². The first-order valence-electron chi connectivity index (χ1n) is 6.61. The number of unbranched alkanes of at least 4 members (excludes halogenated alkanes) is 1. The van der Waals surface area contributed by atoms with E-state index in [4.69, 9.17) is 11.6 Å². The Morgan fingerprint density at radius 1 is 1.41 bits per heavy atom. The molecule has 0 aromatic carbocycles. The standard InChI is InChI=1S/C13H24ClNO2/c1-11-5-7-13(17,8-6-11)10-15-12(16)4-2-3-9-14/h11,17H,2-10H2,1H3,(H,15,16). The summed E-state index contributed by atoms with van der Waals surface area (Å²) in [4.78, 5) is 11.5. The SMILES string of the molecule is CC1CCC(O)(CNC(=O)CCCCCl)CC1. The molecule has 0 aliphatic heterocycles. The molecule has 1 aliphatic rings. The van der Waals surface area contributed by atoms with Gasteiger partial charge < -0.3 is 10.4 Å². The molecule has 100 valence electrons. The molecule has 1 rings (SSSR count). The van der Waals surface area contributed by atoms with Crippen LogP contribution in [-0.4, -0.2) is 29.0 Å². The minimum absolute atomic E-state index is 0.0298. The van der Waals surface area contributed by atoms with E-state index in [0.29, 0.717) is 24.8 Å². The predicted octanol–water partition coefficient (Wildman–Crippen LogP) is 2.45. The van der Waals surface area contributed by atoms with E-state index in [2.05, 4.69) is 12.2 Å². The predicted molar refractivity (Wildman–Crippen MR) is 70.2 cm³/mol. The summed E-state index contributed by atoms with van der Waals surface area (Å²) in [6, 6.07) is 0. The zero-order valence-corrected chi connectivity index (χ0v) is 11.4. The fraction of sp³-hybridized carbons (Fsp3) is 0.923. The van der Waals surface area contributed by atoms with Crippen molar-refractivity contribution in [3.05, 3.63) is 0 Å². The Balaban J connectivity index is 2.18. The maximum Gasteiger partial charge on any atom is 0.220 e. The number of carbonyl (C=O) groups excluding carboxylic acids is 1. The average molecular weight is 262 g/mol. The Kier molecular flexibility index (Phi) is 6.28. The van der Waals surface area contributed by atoms with Crippen molar-refractivity contribution in [2.24, 2.45) is 5.92 Å². The molecule has 3 nitrogen and oxygen atoms in total. The smallest absolute Gasteiger partial charge is 0.220 e. The molecule has 0 saturated heterocycles. The fourth-order valence-electron chi connectivity index (χ4n) is 2.21. The zero-order valence-electron chi connectivity index (χ0n) is 10.7. The number of aliphatic hydroxyl groups is 1. The number of carbonyl (C=O) groups is 1. The van der Waals surface area contributed by atoms with E-state index in [1.165, 1.54) is 0 Å². The van der Waals surface area contributed by atoms with Gasteiger partial charge in [-0.25, -0.2) is 0 Å². The molecule has 1 aliphatic carbocycles. The van der Waals surface area contributed by atoms with E-state index in [-0.39, 0.29) is 5.91 Å². The summed E-state index contributed by atoms with van der Waals surface area (Å²) >= 11 is 5.55. The van der Waals surface area contributed by atoms with Crippen molar-refractivity contribution in [3.63, 3.8) is 0 Å². The average Bonchev–Trinajstić information content (AvgIpc) is 2.32. The first kappa shape index (κ1) is 14.8. The van der Waals surface area contributed by atoms with Crippen molar-refractivity contribution in [2.75, 3.05) is 12.4 Å². The van der Waals surface area contributed by atoms with Crippen LogP contribution >= 0.6 is 11.6 Å². The highest BCUT2D eigenvalue weighted by Gasteiger charge is 2.31. The highest BCUT2D eigenvalue weighted by Crippen LogP contribution is 2.31. The Labute approximate surface area is 109 Å². The second-order valence-corrected chi connectivity index (χ2v) is 5.71. The summed E-state index contributed by atoms with van der Waals surface area (Å²) < 4.78 is 0. The van der Waals surface area contributed by atoms with Gasteiger partial charge >= 0.3 is 0 Å². The number of nitrogens with one attached hydrogen (secondary N) is 1. The van der Waals surface area contributed by atoms with Crippen LogP contribution in [0.15, 0.2) is 0 Å². The van der Waals surface area contributed by atoms with Gasteiger partial charge in [0.15, 0.2) is 0 Å². The van der Waals surface area contributed by atoms with Gasteiger partial charge in [0.25, 0.3) is 0 Å². The van der Waals surface area contributed by atoms with Crippen molar-refractivity contribution in [2.45, 2.75) is 57.5 Å². The molecule has 0 aromatic rings. The molecule has 1 fully saturated rings. The van der Waals surface area contributed by atoms with E-state index < -0.39 is 5.60 Å². The fourth-order valence-corrected chi connectivity index (χ4v) is 2.40. The van der Waals surface area contributed by atoms with E-state index in [9.17, 15) is 9.90 Å². The minimum atomic E-state index is -0.672. The molecule has 0 atom stereocenters. The highest BCUT2D eigenvalue weighted by atomic mass is 35.5. The third kappa shape index (κ3) is 5.73. The summed E-state index contributed by atoms with van der Waals surface area (Å²) in [6.07, 6.45) is 5.92. The zero-order chi connectivity index (χ0) is 12.7. The lowest BCUT2D eigenvalue weighted by molar-refractivity contribution is -0.123. The normalized spacial score (nSPS) is 29.0. The Bertz CT molecular complexity index is 238. The van der Waals surface area contributed by atoms with Crippen molar-refractivity contribution in [1.29, 1.82) is 0 Å². The largest absolute Gasteiger partial charge is 0.388 e. The Morgan fingerprint density at radius 3 is 2.65 bits per heavy atom. The number of alkyl halides is 1. The maximum absolute atomic E-state index is 11.5. The van der Waals surface area contributed by atoms with Gasteiger partial charge in [-0.2, -0.15) is 0 Å². The monoisotopic (exact) mass is 261 g/mol. The van der Waals surface area contributed by atoms with Crippen LogP contribution in [0, 0.1) is 5.92 Å². The number of halogens is 1. The van der Waals surface area contributed by atoms with Crippen LogP contribution in [0.4, 0.5) is 0 Å². The van der Waals surface area contributed by atoms with Crippen molar-refractivity contribution in [1.82, 2.24) is 5.32 Å². The van der Waals surface area contributed by atoms with Crippen LogP contribution in [0.2, 0.25) is 0 Å². The lowest BCUT2D eigenvalue weighted by Gasteiger charge is -2.34. The van der Waals surface area contributed by atoms with E-state index in [1.807, 2.05) is 0 Å². The van der Waals surface area contributed by atoms with Gasteiger partial charge in [0.1, 0.15) is 0 Å². The lowest BCUT2D eigenvalue weighted by Crippen LogP contribution is -2.45. The number of hydrogen-bond donors (Lipinski definition) is 2. The van der Waals surface area contributed by atoms with Gasteiger partial charge in [0, 0.05) is 18.8 Å². The Hall–Kier alpha value is -0.280. The molecule has 0 bridgehead atoms. The van der Waals surface area contributed by atoms with E-state index >= 15 is 0 Å². The Morgan fingerprint density at radius 2 is 2.06 bits per heavy atom. The summed E-state index contributed by atoms with van der Waals surface area (Å²) in [7, 11) is 0. The lowest BCUT2D eigenvalue weighted by atomic mass is 9.79. The molecule has 0 radical (unpaired) electrons. The molecule has 17 heavy (non-hydrogen) atoms. The molecule has 0 unspecified atom stereocenters. The summed E-state index contributed by atoms with van der Waals surface area (Å²) in [5, 5.41) is 13.1. The van der Waals surface area contributed by atoms with E-state index in [0.717, 1.165) is 38.5 Å². The summed E-state index contributed by atoms with van der Waals surface area (Å²) in [6.45, 7) is 2.61. The van der Waals surface area contributed by atoms with Crippen LogP contribution in [0.25, 0.3) is 0 Å². The molecule has 2 N–H and O–H groups in total. The van der Waals surface area contributed by atoms with Crippen molar-refractivity contribution < 1.29 is 9.90 Å². The minimum Gasteiger partial charge on any atom is -0.388 e. The molecule has 1 amide bonds. The maximum atomic E-state index is 11.5. The van der Waals surface area contributed by atoms with E-state index in [1.54, 1.807) is 0 Å². The van der Waals surface area contributed by atoms with Gasteiger partial charge in [0.05, 0.1) is 5.60 Å². The summed E-state index contributed by atoms with van der Waals surface area (Å²) in [5.41, 5.74) is -0.672. The molecular weight excluding hydrogens is 238 g/mol. The first-order valence-corrected chi connectivity index (χ1v) is 7.14. The van der Waals surface area contributed by atoms with Gasteiger partial charge in [0.2, 0.25) is 5.91 Å². The molecule has 4 heteroatoms. The van der Waals surface area contributed by atoms with Crippen LogP contribution < -0.4 is 5.32 Å². The molecular formula is C13H24ClNO2. The van der Waals surface area contributed by atoms with Crippen LogP contribution in [0.1, 0.15) is 51.9 Å². The van der Waals surface area contributed by atoms with Crippen LogP contribution in [0.3, 0.4) is 0 Å². The molecule has 0 aromatic heterocycles. The third-order valence-electron chi connectivity index (χ3n) is 3.61. The number of hydrogen-bond acceptors (Lipinski definition) is 2. The van der Waals surface area contributed by atoms with Crippen LogP contribution in [-0.2, 0) is 4.79 Å². The third-order valence-corrected chi connectivity index (χ3v) is 3.87. The van der Waals surface area contributed by atoms with Gasteiger partial charge in [-0.1, -0.05) is 6.92 Å².